The molecule has 0 amide bonds. The first-order valence-corrected chi connectivity index (χ1v) is 12.9. The topological polar surface area (TPSA) is 91.6 Å². The third kappa shape index (κ3) is 3.96. The molecule has 2 aromatic carbocycles. The van der Waals surface area contributed by atoms with Gasteiger partial charge in [-0.25, -0.2) is 17.2 Å². The van der Waals surface area contributed by atoms with Gasteiger partial charge in [-0.05, 0) is 81.1 Å². The minimum absolute atomic E-state index is 0.173. The normalized spacial score (nSPS) is 22.6. The van der Waals surface area contributed by atoms with E-state index < -0.39 is 16.0 Å². The molecule has 0 aliphatic carbocycles. The van der Waals surface area contributed by atoms with Crippen molar-refractivity contribution in [2.75, 3.05) is 26.2 Å². The molecule has 2 bridgehead atoms. The van der Waals surface area contributed by atoms with Crippen molar-refractivity contribution in [1.29, 1.82) is 0 Å². The van der Waals surface area contributed by atoms with Crippen molar-refractivity contribution in [2.24, 2.45) is 5.92 Å². The summed E-state index contributed by atoms with van der Waals surface area (Å²) in [6.45, 7) is 5.83. The quantitative estimate of drug-likeness (QED) is 0.555. The molecule has 1 aromatic heterocycles. The van der Waals surface area contributed by atoms with Crippen molar-refractivity contribution >= 4 is 26.9 Å². The van der Waals surface area contributed by atoms with E-state index in [1.807, 2.05) is 0 Å². The summed E-state index contributed by atoms with van der Waals surface area (Å²) in [5.41, 5.74) is 1.93. The van der Waals surface area contributed by atoms with Gasteiger partial charge in [0, 0.05) is 24.2 Å². The van der Waals surface area contributed by atoms with Crippen molar-refractivity contribution < 1.29 is 18.3 Å². The van der Waals surface area contributed by atoms with Crippen LogP contribution in [-0.4, -0.2) is 60.6 Å². The van der Waals surface area contributed by atoms with E-state index in [-0.39, 0.29) is 10.5 Å². The van der Waals surface area contributed by atoms with Crippen LogP contribution in [0.15, 0.2) is 53.6 Å². The molecule has 3 aliphatic heterocycles. The van der Waals surface area contributed by atoms with Gasteiger partial charge in [0.25, 0.3) is 10.0 Å². The Morgan fingerprint density at radius 3 is 2.48 bits per heavy atom. The third-order valence-corrected chi connectivity index (χ3v) is 8.88. The summed E-state index contributed by atoms with van der Waals surface area (Å²) >= 11 is 0. The van der Waals surface area contributed by atoms with Crippen LogP contribution >= 0.6 is 0 Å². The predicted octanol–water partition coefficient (Wildman–Crippen LogP) is 3.11. The Balaban J connectivity index is 1.52. The van der Waals surface area contributed by atoms with Gasteiger partial charge in [-0.1, -0.05) is 24.3 Å². The number of hydrogen-bond acceptors (Lipinski definition) is 5. The summed E-state index contributed by atoms with van der Waals surface area (Å²) < 4.78 is 28.1. The number of aromatic carboxylic acids is 1. The maximum atomic E-state index is 13.4. The fraction of sp³-hybridized carbons (Fsp3) is 0.400. The molecule has 3 aliphatic rings. The number of nitrogens with one attached hydrogen (secondary N) is 1. The lowest BCUT2D eigenvalue weighted by atomic mass is 9.84. The Hall–Kier alpha value is -2.68. The number of aromatic nitrogens is 1. The largest absolute Gasteiger partial charge is 0.478 e. The zero-order valence-electron chi connectivity index (χ0n) is 18.7. The Bertz CT molecular complexity index is 1290. The minimum atomic E-state index is -3.86. The number of carboxylic acid groups (broad SMARTS) is 1. The molecule has 8 heteroatoms. The Kier molecular flexibility index (Phi) is 5.76. The van der Waals surface area contributed by atoms with E-state index in [4.69, 9.17) is 0 Å². The molecule has 2 N–H and O–H groups in total. The molecule has 0 radical (unpaired) electrons. The van der Waals surface area contributed by atoms with Gasteiger partial charge in [0.1, 0.15) is 0 Å². The average Bonchev–Trinajstić information content (AvgIpc) is 3.19. The third-order valence-electron chi connectivity index (χ3n) is 7.19. The van der Waals surface area contributed by atoms with Crippen molar-refractivity contribution in [3.8, 4) is 0 Å². The second kappa shape index (κ2) is 8.59. The number of piperidine rings is 3. The van der Waals surface area contributed by atoms with Gasteiger partial charge in [0.2, 0.25) is 0 Å². The molecule has 7 nitrogen and oxygen atoms in total. The average molecular weight is 468 g/mol. The second-order valence-corrected chi connectivity index (χ2v) is 11.0. The number of rotatable bonds is 7. The molecule has 3 aromatic rings. The number of fused-ring (bicyclic) bond motifs is 4. The van der Waals surface area contributed by atoms with E-state index in [0.29, 0.717) is 41.4 Å². The van der Waals surface area contributed by atoms with Crippen molar-refractivity contribution in [3.05, 3.63) is 65.4 Å². The highest BCUT2D eigenvalue weighted by atomic mass is 32.2. The lowest BCUT2D eigenvalue weighted by molar-refractivity contribution is 0.0698. The highest BCUT2D eigenvalue weighted by Crippen LogP contribution is 2.32. The van der Waals surface area contributed by atoms with Crippen molar-refractivity contribution in [2.45, 2.75) is 37.1 Å². The van der Waals surface area contributed by atoms with Crippen LogP contribution in [0.3, 0.4) is 0 Å². The first-order chi connectivity index (χ1) is 15.9. The van der Waals surface area contributed by atoms with Gasteiger partial charge in [-0.15, -0.1) is 0 Å². The van der Waals surface area contributed by atoms with E-state index in [1.165, 1.54) is 29.9 Å². The molecule has 1 unspecified atom stereocenters. The van der Waals surface area contributed by atoms with Gasteiger partial charge in [0.15, 0.2) is 0 Å². The Labute approximate surface area is 194 Å². The molecule has 174 valence electrons. The number of carbonyl (C=O) groups is 1. The molecule has 0 saturated carbocycles. The standard InChI is InChI=1S/C25H29N3O4S/c1-17-7-8-22-24(23(17)25(29)30)19(9-12-26-21-16-27-13-10-18(21)11-14-27)15-28(22)33(31,32)20-5-3-2-4-6-20/h2-8,15,18,21,26H,9-14,16H2,1H3,(H,29,30). The van der Waals surface area contributed by atoms with Crippen LogP contribution in [0, 0.1) is 12.8 Å². The second-order valence-electron chi connectivity index (χ2n) is 9.17. The molecular formula is C25H29N3O4S. The molecule has 3 saturated heterocycles. The monoisotopic (exact) mass is 467 g/mol. The molecule has 1 atom stereocenters. The van der Waals surface area contributed by atoms with Crippen LogP contribution in [0.5, 0.6) is 0 Å². The molecular weight excluding hydrogens is 438 g/mol. The van der Waals surface area contributed by atoms with Crippen molar-refractivity contribution in [3.63, 3.8) is 0 Å². The fourth-order valence-electron chi connectivity index (χ4n) is 5.44. The highest BCUT2D eigenvalue weighted by molar-refractivity contribution is 7.90. The summed E-state index contributed by atoms with van der Waals surface area (Å²) in [4.78, 5) is 14.8. The first kappa shape index (κ1) is 22.1. The number of carboxylic acids is 1. The summed E-state index contributed by atoms with van der Waals surface area (Å²) in [6, 6.07) is 12.1. The zero-order valence-corrected chi connectivity index (χ0v) is 19.5. The Morgan fingerprint density at radius 1 is 1.12 bits per heavy atom. The van der Waals surface area contributed by atoms with Crippen LogP contribution in [0.2, 0.25) is 0 Å². The molecule has 33 heavy (non-hydrogen) atoms. The predicted molar refractivity (Wildman–Crippen MR) is 127 cm³/mol. The van der Waals surface area contributed by atoms with Crippen LogP contribution in [-0.2, 0) is 16.4 Å². The zero-order chi connectivity index (χ0) is 23.2. The van der Waals surface area contributed by atoms with Crippen LogP contribution in [0.25, 0.3) is 10.9 Å². The van der Waals surface area contributed by atoms with Crippen molar-refractivity contribution in [1.82, 2.24) is 14.2 Å². The number of benzene rings is 2. The summed E-state index contributed by atoms with van der Waals surface area (Å²) in [7, 11) is -3.86. The lowest BCUT2D eigenvalue weighted by Crippen LogP contribution is -2.56. The smallest absolute Gasteiger partial charge is 0.336 e. The number of nitrogens with zero attached hydrogens (tertiary/aromatic N) is 2. The molecule has 4 heterocycles. The lowest BCUT2D eigenvalue weighted by Gasteiger charge is -2.45. The maximum Gasteiger partial charge on any atom is 0.336 e. The minimum Gasteiger partial charge on any atom is -0.478 e. The van der Waals surface area contributed by atoms with Gasteiger partial charge < -0.3 is 15.3 Å². The molecule has 3 fully saturated rings. The molecule has 6 rings (SSSR count). The van der Waals surface area contributed by atoms with Crippen LogP contribution in [0.4, 0.5) is 0 Å². The number of hydrogen-bond donors (Lipinski definition) is 2. The summed E-state index contributed by atoms with van der Waals surface area (Å²) in [5.74, 6) is -0.355. The van der Waals surface area contributed by atoms with E-state index >= 15 is 0 Å². The van der Waals surface area contributed by atoms with Crippen LogP contribution in [0.1, 0.15) is 34.3 Å². The van der Waals surface area contributed by atoms with Crippen LogP contribution < -0.4 is 5.32 Å². The van der Waals surface area contributed by atoms with Gasteiger partial charge in [-0.2, -0.15) is 0 Å². The van der Waals surface area contributed by atoms with Gasteiger partial charge in [0.05, 0.1) is 16.0 Å². The first-order valence-electron chi connectivity index (χ1n) is 11.5. The SMILES string of the molecule is Cc1ccc2c(c(CCNC3CN4CCC3CC4)cn2S(=O)(=O)c2ccccc2)c1C(=O)O. The Morgan fingerprint density at radius 2 is 1.85 bits per heavy atom. The van der Waals surface area contributed by atoms with E-state index in [1.54, 1.807) is 55.6 Å². The number of aryl methyl sites for hydroxylation is 1. The molecule has 0 spiro atoms. The van der Waals surface area contributed by atoms with Gasteiger partial charge in [-0.3, -0.25) is 0 Å². The fourth-order valence-corrected chi connectivity index (χ4v) is 6.84. The van der Waals surface area contributed by atoms with E-state index in [9.17, 15) is 18.3 Å². The summed E-state index contributed by atoms with van der Waals surface area (Å²) in [5, 5.41) is 14.1. The van der Waals surface area contributed by atoms with E-state index in [0.717, 1.165) is 12.1 Å². The maximum absolute atomic E-state index is 13.4. The van der Waals surface area contributed by atoms with Gasteiger partial charge >= 0.3 is 5.97 Å². The highest BCUT2D eigenvalue weighted by Gasteiger charge is 2.33. The van der Waals surface area contributed by atoms with E-state index in [2.05, 4.69) is 10.2 Å². The summed E-state index contributed by atoms with van der Waals surface area (Å²) in [6.07, 6.45) is 4.60.